The van der Waals surface area contributed by atoms with Crippen LogP contribution in [0.1, 0.15) is 25.8 Å². The Kier molecular flexibility index (Phi) is 7.18. The van der Waals surface area contributed by atoms with Gasteiger partial charge in [0, 0.05) is 51.0 Å². The molecule has 1 aliphatic heterocycles. The normalized spacial score (nSPS) is 16.5. The van der Waals surface area contributed by atoms with Gasteiger partial charge in [-0.3, -0.25) is 0 Å². The highest BCUT2D eigenvalue weighted by Crippen LogP contribution is 2.26. The first-order valence-corrected chi connectivity index (χ1v) is 9.00. The lowest BCUT2D eigenvalue weighted by atomic mass is 10.1. The molecule has 0 bridgehead atoms. The van der Waals surface area contributed by atoms with Crippen LogP contribution < -0.4 is 9.64 Å². The van der Waals surface area contributed by atoms with E-state index in [9.17, 15) is 0 Å². The van der Waals surface area contributed by atoms with E-state index in [0.717, 1.165) is 25.3 Å². The van der Waals surface area contributed by atoms with Gasteiger partial charge in [-0.25, -0.2) is 0 Å². The molecular weight excluding hydrogens is 286 g/mol. The first-order valence-electron chi connectivity index (χ1n) is 9.00. The summed E-state index contributed by atoms with van der Waals surface area (Å²) in [5.74, 6) is 1.03. The smallest absolute Gasteiger partial charge is 0.124 e. The zero-order chi connectivity index (χ0) is 16.7. The highest BCUT2D eigenvalue weighted by Gasteiger charge is 2.14. The second-order valence-corrected chi connectivity index (χ2v) is 6.42. The van der Waals surface area contributed by atoms with Gasteiger partial charge >= 0.3 is 0 Å². The van der Waals surface area contributed by atoms with Crippen molar-refractivity contribution in [2.45, 2.75) is 26.7 Å². The maximum Gasteiger partial charge on any atom is 0.124 e. The summed E-state index contributed by atoms with van der Waals surface area (Å²) in [6.07, 6.45) is 2.29. The molecule has 0 unspecified atom stereocenters. The Hall–Kier alpha value is -1.26. The molecule has 4 nitrogen and oxygen atoms in total. The van der Waals surface area contributed by atoms with E-state index < -0.39 is 0 Å². The molecule has 0 aromatic heterocycles. The van der Waals surface area contributed by atoms with Crippen LogP contribution in [0.2, 0.25) is 0 Å². The highest BCUT2D eigenvalue weighted by atomic mass is 16.5. The quantitative estimate of drug-likeness (QED) is 0.733. The fourth-order valence-corrected chi connectivity index (χ4v) is 3.29. The minimum absolute atomic E-state index is 1.03. The molecule has 23 heavy (non-hydrogen) atoms. The van der Waals surface area contributed by atoms with Crippen molar-refractivity contribution in [3.05, 3.63) is 23.8 Å². The van der Waals surface area contributed by atoms with Gasteiger partial charge in [0.15, 0.2) is 0 Å². The summed E-state index contributed by atoms with van der Waals surface area (Å²) in [7, 11) is 3.99. The van der Waals surface area contributed by atoms with Crippen LogP contribution in [0.3, 0.4) is 0 Å². The van der Waals surface area contributed by atoms with E-state index in [0.29, 0.717) is 0 Å². The number of rotatable bonds is 8. The minimum atomic E-state index is 1.03. The lowest BCUT2D eigenvalue weighted by molar-refractivity contribution is 0.153. The first-order chi connectivity index (χ1) is 11.2. The topological polar surface area (TPSA) is 19.0 Å². The highest BCUT2D eigenvalue weighted by molar-refractivity contribution is 5.53. The second-order valence-electron chi connectivity index (χ2n) is 6.42. The van der Waals surface area contributed by atoms with Gasteiger partial charge in [0.25, 0.3) is 0 Å². The average molecular weight is 319 g/mol. The van der Waals surface area contributed by atoms with Gasteiger partial charge in [0.1, 0.15) is 5.75 Å². The summed E-state index contributed by atoms with van der Waals surface area (Å²) in [6, 6.07) is 6.68. The van der Waals surface area contributed by atoms with E-state index >= 15 is 0 Å². The minimum Gasteiger partial charge on any atom is -0.496 e. The number of aryl methyl sites for hydroxylation is 1. The van der Waals surface area contributed by atoms with Crippen LogP contribution in [0, 0.1) is 0 Å². The van der Waals surface area contributed by atoms with Crippen LogP contribution in [-0.4, -0.2) is 69.8 Å². The molecule has 0 aliphatic carbocycles. The van der Waals surface area contributed by atoms with Crippen LogP contribution in [0.15, 0.2) is 18.2 Å². The number of methoxy groups -OCH3 is 1. The number of hydrogen-bond donors (Lipinski definition) is 0. The Morgan fingerprint density at radius 3 is 2.39 bits per heavy atom. The molecule has 2 rings (SSSR count). The third kappa shape index (κ3) is 5.11. The molecule has 1 saturated heterocycles. The molecule has 0 N–H and O–H groups in total. The van der Waals surface area contributed by atoms with Gasteiger partial charge in [-0.15, -0.1) is 0 Å². The van der Waals surface area contributed by atoms with E-state index in [1.165, 1.54) is 50.4 Å². The maximum atomic E-state index is 5.63. The summed E-state index contributed by atoms with van der Waals surface area (Å²) in [5.41, 5.74) is 2.59. The van der Waals surface area contributed by atoms with E-state index in [4.69, 9.17) is 4.74 Å². The molecule has 130 valence electrons. The van der Waals surface area contributed by atoms with Crippen LogP contribution >= 0.6 is 0 Å². The lowest BCUT2D eigenvalue weighted by Crippen LogP contribution is -2.44. The van der Waals surface area contributed by atoms with Crippen molar-refractivity contribution in [2.75, 3.05) is 64.9 Å². The van der Waals surface area contributed by atoms with Crippen LogP contribution in [-0.2, 0) is 6.42 Å². The molecule has 1 fully saturated rings. The van der Waals surface area contributed by atoms with Crippen LogP contribution in [0.5, 0.6) is 5.75 Å². The molecule has 0 spiro atoms. The van der Waals surface area contributed by atoms with Crippen LogP contribution in [0.4, 0.5) is 5.69 Å². The van der Waals surface area contributed by atoms with Gasteiger partial charge in [-0.1, -0.05) is 6.07 Å². The molecule has 0 radical (unpaired) electrons. The largest absolute Gasteiger partial charge is 0.496 e. The monoisotopic (exact) mass is 319 g/mol. The van der Waals surface area contributed by atoms with Crippen molar-refractivity contribution < 1.29 is 4.74 Å². The molecule has 1 aromatic carbocycles. The van der Waals surface area contributed by atoms with E-state index in [2.05, 4.69) is 53.8 Å². The summed E-state index contributed by atoms with van der Waals surface area (Å²) in [5, 5.41) is 0. The van der Waals surface area contributed by atoms with Crippen molar-refractivity contribution in [1.82, 2.24) is 9.80 Å². The maximum absolute atomic E-state index is 5.63. The lowest BCUT2D eigenvalue weighted by Gasteiger charge is -2.32. The third-order valence-corrected chi connectivity index (χ3v) is 4.92. The standard InChI is InChI=1S/C19H33N3O/c1-5-22(6-2)18-10-9-17(19(16-18)23-4)8-7-11-21-14-12-20(3)13-15-21/h9-10,16H,5-8,11-15H2,1-4H3. The molecule has 0 amide bonds. The Bertz CT molecular complexity index is 466. The zero-order valence-electron chi connectivity index (χ0n) is 15.3. The Labute approximate surface area is 142 Å². The molecule has 4 heteroatoms. The van der Waals surface area contributed by atoms with Crippen molar-refractivity contribution in [3.63, 3.8) is 0 Å². The third-order valence-electron chi connectivity index (χ3n) is 4.92. The average Bonchev–Trinajstić information content (AvgIpc) is 2.58. The number of likely N-dealkylation sites (N-methyl/N-ethyl adjacent to an activating group) is 1. The molecule has 0 saturated carbocycles. The van der Waals surface area contributed by atoms with Crippen LogP contribution in [0.25, 0.3) is 0 Å². The van der Waals surface area contributed by atoms with Gasteiger partial charge in [-0.2, -0.15) is 0 Å². The summed E-state index contributed by atoms with van der Waals surface area (Å²) in [6.45, 7) is 12.4. The molecule has 1 aromatic rings. The van der Waals surface area contributed by atoms with Gasteiger partial charge in [0.05, 0.1) is 7.11 Å². The molecule has 1 aliphatic rings. The van der Waals surface area contributed by atoms with Crippen molar-refractivity contribution >= 4 is 5.69 Å². The van der Waals surface area contributed by atoms with Crippen molar-refractivity contribution in [3.8, 4) is 5.75 Å². The number of benzene rings is 1. The zero-order valence-corrected chi connectivity index (χ0v) is 15.3. The molecular formula is C19H33N3O. The Balaban J connectivity index is 1.89. The Morgan fingerprint density at radius 1 is 1.09 bits per heavy atom. The summed E-state index contributed by atoms with van der Waals surface area (Å²) < 4.78 is 5.63. The number of hydrogen-bond acceptors (Lipinski definition) is 4. The second kappa shape index (κ2) is 9.14. The fraction of sp³-hybridized carbons (Fsp3) is 0.684. The van der Waals surface area contributed by atoms with E-state index in [1.54, 1.807) is 7.11 Å². The first kappa shape index (κ1) is 18.1. The fourth-order valence-electron chi connectivity index (χ4n) is 3.29. The van der Waals surface area contributed by atoms with E-state index in [-0.39, 0.29) is 0 Å². The molecule has 0 atom stereocenters. The summed E-state index contributed by atoms with van der Waals surface area (Å²) >= 11 is 0. The number of piperazine rings is 1. The van der Waals surface area contributed by atoms with E-state index in [1.807, 2.05) is 0 Å². The predicted molar refractivity (Wildman–Crippen MR) is 98.8 cm³/mol. The number of anilines is 1. The Morgan fingerprint density at radius 2 is 1.78 bits per heavy atom. The van der Waals surface area contributed by atoms with Crippen molar-refractivity contribution in [1.29, 1.82) is 0 Å². The predicted octanol–water partition coefficient (Wildman–Crippen LogP) is 2.72. The number of nitrogens with zero attached hydrogens (tertiary/aromatic N) is 3. The van der Waals surface area contributed by atoms with Crippen molar-refractivity contribution in [2.24, 2.45) is 0 Å². The summed E-state index contributed by atoms with van der Waals surface area (Å²) in [4.78, 5) is 7.35. The SMILES string of the molecule is CCN(CC)c1ccc(CCCN2CCN(C)CC2)c(OC)c1. The number of ether oxygens (including phenoxy) is 1. The molecule has 1 heterocycles. The van der Waals surface area contributed by atoms with Gasteiger partial charge < -0.3 is 19.4 Å². The van der Waals surface area contributed by atoms with Gasteiger partial charge in [-0.05, 0) is 51.9 Å². The van der Waals surface area contributed by atoms with Gasteiger partial charge in [0.2, 0.25) is 0 Å².